The molecule has 0 saturated carbocycles. The monoisotopic (exact) mass is 251 g/mol. The minimum atomic E-state index is 0.244. The summed E-state index contributed by atoms with van der Waals surface area (Å²) in [5.41, 5.74) is 2.96. The summed E-state index contributed by atoms with van der Waals surface area (Å²) in [7, 11) is 0. The van der Waals surface area contributed by atoms with E-state index in [9.17, 15) is 5.11 Å². The van der Waals surface area contributed by atoms with Gasteiger partial charge in [-0.15, -0.1) is 0 Å². The first-order chi connectivity index (χ1) is 9.22. The Hall–Kier alpha value is -2.62. The van der Waals surface area contributed by atoms with Crippen LogP contribution in [0.15, 0.2) is 48.8 Å². The zero-order valence-electron chi connectivity index (χ0n) is 10.5. The second kappa shape index (κ2) is 4.57. The summed E-state index contributed by atoms with van der Waals surface area (Å²) >= 11 is 0. The van der Waals surface area contributed by atoms with Crippen molar-refractivity contribution in [1.29, 1.82) is 0 Å². The lowest BCUT2D eigenvalue weighted by atomic mass is 10.1. The Kier molecular flexibility index (Phi) is 2.76. The third-order valence-corrected chi connectivity index (χ3v) is 2.92. The molecule has 0 aliphatic rings. The Bertz CT molecular complexity index is 723. The van der Waals surface area contributed by atoms with E-state index in [0.717, 1.165) is 22.4 Å². The van der Waals surface area contributed by atoms with Crippen LogP contribution in [0.25, 0.3) is 10.9 Å². The molecular weight excluding hydrogens is 238 g/mol. The molecule has 19 heavy (non-hydrogen) atoms. The van der Waals surface area contributed by atoms with E-state index in [-0.39, 0.29) is 5.75 Å². The first-order valence-corrected chi connectivity index (χ1v) is 6.00. The molecule has 0 spiro atoms. The number of anilines is 2. The molecule has 94 valence electrons. The number of nitrogens with zero attached hydrogens (tertiary/aromatic N) is 2. The van der Waals surface area contributed by atoms with Crippen LogP contribution in [-0.2, 0) is 0 Å². The van der Waals surface area contributed by atoms with Gasteiger partial charge in [0.2, 0.25) is 0 Å². The van der Waals surface area contributed by atoms with Crippen molar-refractivity contribution in [3.05, 3.63) is 54.4 Å². The SMILES string of the molecule is Cc1ccc2c(Nc3ccc(O)cc3)ncnc2c1. The first kappa shape index (κ1) is 11.5. The quantitative estimate of drug-likeness (QED) is 0.685. The van der Waals surface area contributed by atoms with Gasteiger partial charge in [-0.3, -0.25) is 0 Å². The normalized spacial score (nSPS) is 10.6. The maximum Gasteiger partial charge on any atom is 0.141 e. The summed E-state index contributed by atoms with van der Waals surface area (Å²) in [6, 6.07) is 12.9. The molecule has 3 rings (SSSR count). The van der Waals surface area contributed by atoms with Crippen LogP contribution in [0, 0.1) is 6.92 Å². The number of phenols is 1. The van der Waals surface area contributed by atoms with E-state index in [4.69, 9.17) is 0 Å². The van der Waals surface area contributed by atoms with Crippen molar-refractivity contribution in [2.45, 2.75) is 6.92 Å². The highest BCUT2D eigenvalue weighted by Gasteiger charge is 2.04. The number of aromatic hydroxyl groups is 1. The van der Waals surface area contributed by atoms with Crippen molar-refractivity contribution < 1.29 is 5.11 Å². The smallest absolute Gasteiger partial charge is 0.141 e. The molecule has 0 saturated heterocycles. The molecule has 0 aliphatic carbocycles. The summed E-state index contributed by atoms with van der Waals surface area (Å²) in [5.74, 6) is 1.00. The predicted octanol–water partition coefficient (Wildman–Crippen LogP) is 3.39. The highest BCUT2D eigenvalue weighted by atomic mass is 16.3. The van der Waals surface area contributed by atoms with Crippen molar-refractivity contribution >= 4 is 22.4 Å². The fourth-order valence-corrected chi connectivity index (χ4v) is 1.95. The van der Waals surface area contributed by atoms with E-state index >= 15 is 0 Å². The topological polar surface area (TPSA) is 58.0 Å². The van der Waals surface area contributed by atoms with Crippen molar-refractivity contribution in [2.24, 2.45) is 0 Å². The predicted molar refractivity (Wildman–Crippen MR) is 75.7 cm³/mol. The van der Waals surface area contributed by atoms with Crippen molar-refractivity contribution in [2.75, 3.05) is 5.32 Å². The second-order valence-corrected chi connectivity index (χ2v) is 4.41. The van der Waals surface area contributed by atoms with E-state index in [0.29, 0.717) is 0 Å². The van der Waals surface area contributed by atoms with Crippen molar-refractivity contribution in [3.63, 3.8) is 0 Å². The van der Waals surface area contributed by atoms with Crippen LogP contribution in [0.2, 0.25) is 0 Å². The number of hydrogen-bond acceptors (Lipinski definition) is 4. The molecule has 0 fully saturated rings. The van der Waals surface area contributed by atoms with Crippen molar-refractivity contribution in [1.82, 2.24) is 9.97 Å². The van der Waals surface area contributed by atoms with Crippen molar-refractivity contribution in [3.8, 4) is 5.75 Å². The Morgan fingerprint density at radius 1 is 1.00 bits per heavy atom. The molecule has 0 bridgehead atoms. The van der Waals surface area contributed by atoms with Gasteiger partial charge in [-0.25, -0.2) is 9.97 Å². The van der Waals surface area contributed by atoms with Gasteiger partial charge in [0.15, 0.2) is 0 Å². The summed E-state index contributed by atoms with van der Waals surface area (Å²) < 4.78 is 0. The van der Waals surface area contributed by atoms with Gasteiger partial charge in [-0.05, 0) is 48.9 Å². The number of aryl methyl sites for hydroxylation is 1. The molecular formula is C15H13N3O. The Balaban J connectivity index is 2.03. The largest absolute Gasteiger partial charge is 0.508 e. The molecule has 1 heterocycles. The maximum atomic E-state index is 9.27. The Labute approximate surface area is 110 Å². The first-order valence-electron chi connectivity index (χ1n) is 6.00. The van der Waals surface area contributed by atoms with Crippen LogP contribution < -0.4 is 5.32 Å². The third-order valence-electron chi connectivity index (χ3n) is 2.92. The van der Waals surface area contributed by atoms with Gasteiger partial charge in [0, 0.05) is 11.1 Å². The van der Waals surface area contributed by atoms with Gasteiger partial charge in [-0.2, -0.15) is 0 Å². The summed E-state index contributed by atoms with van der Waals surface area (Å²) in [6.07, 6.45) is 1.55. The minimum Gasteiger partial charge on any atom is -0.508 e. The van der Waals surface area contributed by atoms with Crippen LogP contribution in [0.4, 0.5) is 11.5 Å². The molecule has 0 atom stereocenters. The average Bonchev–Trinajstić information content (AvgIpc) is 2.41. The highest BCUT2D eigenvalue weighted by molar-refractivity contribution is 5.90. The van der Waals surface area contributed by atoms with Gasteiger partial charge in [0.05, 0.1) is 5.52 Å². The van der Waals surface area contributed by atoms with Gasteiger partial charge in [-0.1, -0.05) is 6.07 Å². The number of aromatic nitrogens is 2. The van der Waals surface area contributed by atoms with Gasteiger partial charge >= 0.3 is 0 Å². The van der Waals surface area contributed by atoms with Gasteiger partial charge in [0.25, 0.3) is 0 Å². The van der Waals surface area contributed by atoms with Crippen LogP contribution in [0.3, 0.4) is 0 Å². The average molecular weight is 251 g/mol. The molecule has 0 aliphatic heterocycles. The summed E-state index contributed by atoms with van der Waals surface area (Å²) in [4.78, 5) is 8.54. The van der Waals surface area contributed by atoms with E-state index in [2.05, 4.69) is 15.3 Å². The number of phenolic OH excluding ortho intramolecular Hbond substituents is 1. The fraction of sp³-hybridized carbons (Fsp3) is 0.0667. The minimum absolute atomic E-state index is 0.244. The number of rotatable bonds is 2. The molecule has 4 heteroatoms. The molecule has 0 amide bonds. The molecule has 0 unspecified atom stereocenters. The zero-order chi connectivity index (χ0) is 13.2. The molecule has 2 N–H and O–H groups in total. The van der Waals surface area contributed by atoms with Gasteiger partial charge in [0.1, 0.15) is 17.9 Å². The second-order valence-electron chi connectivity index (χ2n) is 4.41. The number of benzene rings is 2. The highest BCUT2D eigenvalue weighted by Crippen LogP contribution is 2.24. The Morgan fingerprint density at radius 3 is 2.58 bits per heavy atom. The molecule has 0 radical (unpaired) electrons. The van der Waals surface area contributed by atoms with E-state index < -0.39 is 0 Å². The fourth-order valence-electron chi connectivity index (χ4n) is 1.95. The maximum absolute atomic E-state index is 9.27. The molecule has 4 nitrogen and oxygen atoms in total. The molecule has 3 aromatic rings. The number of hydrogen-bond donors (Lipinski definition) is 2. The van der Waals surface area contributed by atoms with Gasteiger partial charge < -0.3 is 10.4 Å². The van der Waals surface area contributed by atoms with Crippen LogP contribution in [-0.4, -0.2) is 15.1 Å². The lowest BCUT2D eigenvalue weighted by molar-refractivity contribution is 0.475. The standard InChI is InChI=1S/C15H13N3O/c1-10-2-7-13-14(8-10)16-9-17-15(13)18-11-3-5-12(19)6-4-11/h2-9,19H,1H3,(H,16,17,18). The molecule has 2 aromatic carbocycles. The number of nitrogens with one attached hydrogen (secondary N) is 1. The van der Waals surface area contributed by atoms with Crippen LogP contribution in [0.1, 0.15) is 5.56 Å². The van der Waals surface area contributed by atoms with E-state index in [1.165, 1.54) is 5.56 Å². The van der Waals surface area contributed by atoms with Crippen LogP contribution >= 0.6 is 0 Å². The lowest BCUT2D eigenvalue weighted by Gasteiger charge is -2.08. The molecule has 1 aromatic heterocycles. The number of fused-ring (bicyclic) bond motifs is 1. The summed E-state index contributed by atoms with van der Waals surface area (Å²) in [5, 5.41) is 13.5. The Morgan fingerprint density at radius 2 is 1.79 bits per heavy atom. The van der Waals surface area contributed by atoms with E-state index in [1.54, 1.807) is 30.6 Å². The summed E-state index contributed by atoms with van der Waals surface area (Å²) in [6.45, 7) is 2.04. The zero-order valence-corrected chi connectivity index (χ0v) is 10.5. The lowest BCUT2D eigenvalue weighted by Crippen LogP contribution is -1.95. The van der Waals surface area contributed by atoms with Crippen LogP contribution in [0.5, 0.6) is 5.75 Å². The third kappa shape index (κ3) is 2.33. The van der Waals surface area contributed by atoms with E-state index in [1.807, 2.05) is 25.1 Å².